The number of amides is 2. The van der Waals surface area contributed by atoms with Crippen LogP contribution >= 0.6 is 0 Å². The number of nitrogens with one attached hydrogen (secondary N) is 1. The third-order valence-electron chi connectivity index (χ3n) is 3.25. The van der Waals surface area contributed by atoms with Crippen molar-refractivity contribution >= 4 is 12.0 Å². The van der Waals surface area contributed by atoms with Gasteiger partial charge in [0.1, 0.15) is 0 Å². The van der Waals surface area contributed by atoms with Gasteiger partial charge in [0.15, 0.2) is 0 Å². The Bertz CT molecular complexity index is 321. The fourth-order valence-corrected chi connectivity index (χ4v) is 2.19. The summed E-state index contributed by atoms with van der Waals surface area (Å²) in [4.78, 5) is 25.2. The highest BCUT2D eigenvalue weighted by molar-refractivity contribution is 5.76. The lowest BCUT2D eigenvalue weighted by molar-refractivity contribution is -0.122. The highest BCUT2D eigenvalue weighted by atomic mass is 16.6. The lowest BCUT2D eigenvalue weighted by Gasteiger charge is -2.32. The van der Waals surface area contributed by atoms with Crippen molar-refractivity contribution < 1.29 is 14.3 Å². The standard InChI is InChI=1S/C15H28N2O3/c1-11(2)9-14(18)16-13-5-7-17(8-6-13)15(19)20-10-12(3)4/h11-13H,5-10H2,1-4H3,(H,16,18). The number of ether oxygens (including phenoxy) is 1. The summed E-state index contributed by atoms with van der Waals surface area (Å²) in [7, 11) is 0. The number of carbonyl (C=O) groups excluding carboxylic acids is 2. The monoisotopic (exact) mass is 284 g/mol. The number of piperidine rings is 1. The summed E-state index contributed by atoms with van der Waals surface area (Å²) in [5, 5.41) is 3.04. The van der Waals surface area contributed by atoms with Gasteiger partial charge in [0.05, 0.1) is 6.61 Å². The average Bonchev–Trinajstić information content (AvgIpc) is 2.35. The molecule has 0 saturated carbocycles. The van der Waals surface area contributed by atoms with E-state index in [1.807, 2.05) is 27.7 Å². The van der Waals surface area contributed by atoms with Gasteiger partial charge in [-0.2, -0.15) is 0 Å². The van der Waals surface area contributed by atoms with Gasteiger partial charge in [0.25, 0.3) is 0 Å². The van der Waals surface area contributed by atoms with Crippen LogP contribution in [-0.2, 0) is 9.53 Å². The molecule has 1 heterocycles. The molecule has 0 radical (unpaired) electrons. The van der Waals surface area contributed by atoms with E-state index >= 15 is 0 Å². The summed E-state index contributed by atoms with van der Waals surface area (Å²) < 4.78 is 5.21. The third kappa shape index (κ3) is 6.26. The minimum absolute atomic E-state index is 0.112. The summed E-state index contributed by atoms with van der Waals surface area (Å²) in [5.74, 6) is 0.841. The Hall–Kier alpha value is -1.26. The second-order valence-corrected chi connectivity index (χ2v) is 6.40. The fraction of sp³-hybridized carbons (Fsp3) is 0.867. The number of likely N-dealkylation sites (tertiary alicyclic amines) is 1. The van der Waals surface area contributed by atoms with Gasteiger partial charge in [0, 0.05) is 25.6 Å². The van der Waals surface area contributed by atoms with Crippen molar-refractivity contribution in [2.45, 2.75) is 53.0 Å². The Kier molecular flexibility index (Phi) is 6.82. The van der Waals surface area contributed by atoms with Gasteiger partial charge in [-0.05, 0) is 24.7 Å². The van der Waals surface area contributed by atoms with Crippen LogP contribution in [0.15, 0.2) is 0 Å². The van der Waals surface area contributed by atoms with Crippen molar-refractivity contribution in [2.24, 2.45) is 11.8 Å². The molecule has 1 aliphatic heterocycles. The Labute approximate surface area is 122 Å². The molecule has 0 bridgehead atoms. The molecule has 0 spiro atoms. The predicted molar refractivity (Wildman–Crippen MR) is 78.4 cm³/mol. The normalized spacial score (nSPS) is 16.6. The topological polar surface area (TPSA) is 58.6 Å². The first-order valence-electron chi connectivity index (χ1n) is 7.59. The maximum absolute atomic E-state index is 11.8. The number of carbonyl (C=O) groups is 2. The molecule has 20 heavy (non-hydrogen) atoms. The summed E-state index contributed by atoms with van der Waals surface area (Å²) in [5.41, 5.74) is 0. The minimum atomic E-state index is -0.231. The van der Waals surface area contributed by atoms with Gasteiger partial charge >= 0.3 is 6.09 Å². The van der Waals surface area contributed by atoms with Gasteiger partial charge in [-0.3, -0.25) is 4.79 Å². The van der Waals surface area contributed by atoms with E-state index in [9.17, 15) is 9.59 Å². The van der Waals surface area contributed by atoms with E-state index in [0.29, 0.717) is 38.0 Å². The summed E-state index contributed by atoms with van der Waals surface area (Å²) >= 11 is 0. The summed E-state index contributed by atoms with van der Waals surface area (Å²) in [6, 6.07) is 0.190. The smallest absolute Gasteiger partial charge is 0.409 e. The molecule has 0 atom stereocenters. The minimum Gasteiger partial charge on any atom is -0.449 e. The molecule has 116 valence electrons. The molecule has 0 unspecified atom stereocenters. The fourth-order valence-electron chi connectivity index (χ4n) is 2.19. The highest BCUT2D eigenvalue weighted by Crippen LogP contribution is 2.12. The van der Waals surface area contributed by atoms with Crippen LogP contribution in [-0.4, -0.2) is 42.6 Å². The molecule has 0 aromatic heterocycles. The van der Waals surface area contributed by atoms with Crippen molar-refractivity contribution in [1.82, 2.24) is 10.2 Å². The van der Waals surface area contributed by atoms with Crippen LogP contribution in [0.1, 0.15) is 47.0 Å². The molecular formula is C15H28N2O3. The van der Waals surface area contributed by atoms with Crippen molar-refractivity contribution in [1.29, 1.82) is 0 Å². The van der Waals surface area contributed by atoms with E-state index in [1.54, 1.807) is 4.90 Å². The van der Waals surface area contributed by atoms with Gasteiger partial charge in [-0.1, -0.05) is 27.7 Å². The Balaban J connectivity index is 2.25. The number of nitrogens with zero attached hydrogens (tertiary/aromatic N) is 1. The zero-order chi connectivity index (χ0) is 15.1. The molecule has 0 aromatic rings. The van der Waals surface area contributed by atoms with E-state index < -0.39 is 0 Å². The molecule has 1 aliphatic rings. The summed E-state index contributed by atoms with van der Waals surface area (Å²) in [6.07, 6.45) is 1.95. The van der Waals surface area contributed by atoms with Crippen molar-refractivity contribution in [3.05, 3.63) is 0 Å². The van der Waals surface area contributed by atoms with Crippen LogP contribution in [0.25, 0.3) is 0 Å². The first kappa shape index (κ1) is 16.8. The van der Waals surface area contributed by atoms with Crippen LogP contribution in [0, 0.1) is 11.8 Å². The molecule has 0 aromatic carbocycles. The second-order valence-electron chi connectivity index (χ2n) is 6.40. The van der Waals surface area contributed by atoms with Gasteiger partial charge in [-0.15, -0.1) is 0 Å². The van der Waals surface area contributed by atoms with Crippen LogP contribution in [0.3, 0.4) is 0 Å². The molecular weight excluding hydrogens is 256 g/mol. The number of hydrogen-bond acceptors (Lipinski definition) is 3. The molecule has 2 amide bonds. The highest BCUT2D eigenvalue weighted by Gasteiger charge is 2.24. The van der Waals surface area contributed by atoms with Crippen LogP contribution < -0.4 is 5.32 Å². The molecule has 1 saturated heterocycles. The van der Waals surface area contributed by atoms with E-state index in [4.69, 9.17) is 4.74 Å². The Morgan fingerprint density at radius 3 is 2.25 bits per heavy atom. The maximum Gasteiger partial charge on any atom is 0.409 e. The molecule has 1 rings (SSSR count). The van der Waals surface area contributed by atoms with Gasteiger partial charge in [0.2, 0.25) is 5.91 Å². The SMILES string of the molecule is CC(C)COC(=O)N1CCC(NC(=O)CC(C)C)CC1. The van der Waals surface area contributed by atoms with Crippen LogP contribution in [0.4, 0.5) is 4.79 Å². The van der Waals surface area contributed by atoms with E-state index in [0.717, 1.165) is 12.8 Å². The first-order valence-corrected chi connectivity index (χ1v) is 7.59. The maximum atomic E-state index is 11.8. The predicted octanol–water partition coefficient (Wildman–Crippen LogP) is 2.41. The molecule has 1 N–H and O–H groups in total. The van der Waals surface area contributed by atoms with E-state index in [-0.39, 0.29) is 18.0 Å². The Morgan fingerprint density at radius 1 is 1.15 bits per heavy atom. The summed E-state index contributed by atoms with van der Waals surface area (Å²) in [6.45, 7) is 9.88. The first-order chi connectivity index (χ1) is 9.38. The van der Waals surface area contributed by atoms with Gasteiger partial charge < -0.3 is 15.0 Å². The Morgan fingerprint density at radius 2 is 1.75 bits per heavy atom. The lowest BCUT2D eigenvalue weighted by Crippen LogP contribution is -2.47. The van der Waals surface area contributed by atoms with Crippen LogP contribution in [0.2, 0.25) is 0 Å². The second kappa shape index (κ2) is 8.12. The average molecular weight is 284 g/mol. The zero-order valence-electron chi connectivity index (χ0n) is 13.1. The number of hydrogen-bond donors (Lipinski definition) is 1. The van der Waals surface area contributed by atoms with Gasteiger partial charge in [-0.25, -0.2) is 4.79 Å². The van der Waals surface area contributed by atoms with Crippen molar-refractivity contribution in [2.75, 3.05) is 19.7 Å². The molecule has 5 heteroatoms. The van der Waals surface area contributed by atoms with E-state index in [2.05, 4.69) is 5.32 Å². The van der Waals surface area contributed by atoms with E-state index in [1.165, 1.54) is 0 Å². The molecule has 1 fully saturated rings. The van der Waals surface area contributed by atoms with Crippen molar-refractivity contribution in [3.8, 4) is 0 Å². The molecule has 5 nitrogen and oxygen atoms in total. The number of rotatable bonds is 5. The lowest BCUT2D eigenvalue weighted by atomic mass is 10.0. The largest absolute Gasteiger partial charge is 0.449 e. The third-order valence-corrected chi connectivity index (χ3v) is 3.25. The van der Waals surface area contributed by atoms with Crippen molar-refractivity contribution in [3.63, 3.8) is 0 Å². The van der Waals surface area contributed by atoms with Crippen LogP contribution in [0.5, 0.6) is 0 Å². The quantitative estimate of drug-likeness (QED) is 0.843. The molecule has 0 aliphatic carbocycles. The zero-order valence-corrected chi connectivity index (χ0v) is 13.1.